The van der Waals surface area contributed by atoms with Gasteiger partial charge in [0.15, 0.2) is 0 Å². The maximum Gasteiger partial charge on any atom is 0.227 e. The number of amides is 1. The molecule has 0 bridgehead atoms. The minimum absolute atomic E-state index is 0.142. The Balaban J connectivity index is 1.79. The monoisotopic (exact) mass is 327 g/mol. The van der Waals surface area contributed by atoms with E-state index in [1.807, 2.05) is 43.9 Å². The predicted octanol–water partition coefficient (Wildman–Crippen LogP) is 3.25. The lowest BCUT2D eigenvalue weighted by Crippen LogP contribution is -2.32. The third kappa shape index (κ3) is 3.03. The summed E-state index contributed by atoms with van der Waals surface area (Å²) in [6.07, 6.45) is 2.45. The number of hydrogen-bond acceptors (Lipinski definition) is 3. The van der Waals surface area contributed by atoms with Gasteiger partial charge in [-0.25, -0.2) is 0 Å². The van der Waals surface area contributed by atoms with E-state index in [1.165, 1.54) is 5.56 Å². The fourth-order valence-corrected chi connectivity index (χ4v) is 3.67. The summed E-state index contributed by atoms with van der Waals surface area (Å²) in [6, 6.07) is 6.12. The van der Waals surface area contributed by atoms with Gasteiger partial charge >= 0.3 is 0 Å². The molecular weight excluding hydrogens is 302 g/mol. The van der Waals surface area contributed by atoms with E-state index in [4.69, 9.17) is 4.74 Å². The highest BCUT2D eigenvalue weighted by Gasteiger charge is 2.32. The van der Waals surface area contributed by atoms with Crippen molar-refractivity contribution in [2.45, 2.75) is 46.1 Å². The number of rotatable bonds is 4. The van der Waals surface area contributed by atoms with Crippen LogP contribution in [0.3, 0.4) is 0 Å². The average Bonchev–Trinajstić information content (AvgIpc) is 3.15. The number of nitrogens with zero attached hydrogens (tertiary/aromatic N) is 2. The SMILES string of the molecule is COc1cc(CC(=O)N2CCCC2c2c(C)n[nH]c2C)ccc1C. The molecule has 0 aliphatic carbocycles. The number of ether oxygens (including phenoxy) is 1. The first-order chi connectivity index (χ1) is 11.5. The Morgan fingerprint density at radius 2 is 2.17 bits per heavy atom. The smallest absolute Gasteiger partial charge is 0.227 e. The molecular formula is C19H25N3O2. The van der Waals surface area contributed by atoms with E-state index in [9.17, 15) is 4.79 Å². The first kappa shape index (κ1) is 16.6. The number of aromatic amines is 1. The Hall–Kier alpha value is -2.30. The van der Waals surface area contributed by atoms with E-state index < -0.39 is 0 Å². The number of benzene rings is 1. The molecule has 1 aliphatic heterocycles. The second kappa shape index (κ2) is 6.67. The van der Waals surface area contributed by atoms with Crippen LogP contribution in [0.15, 0.2) is 18.2 Å². The average molecular weight is 327 g/mol. The summed E-state index contributed by atoms with van der Waals surface area (Å²) < 4.78 is 5.37. The molecule has 1 N–H and O–H groups in total. The van der Waals surface area contributed by atoms with Crippen LogP contribution in [0.25, 0.3) is 0 Å². The lowest BCUT2D eigenvalue weighted by molar-refractivity contribution is -0.131. The van der Waals surface area contributed by atoms with Crippen molar-refractivity contribution < 1.29 is 9.53 Å². The van der Waals surface area contributed by atoms with Crippen LogP contribution < -0.4 is 4.74 Å². The lowest BCUT2D eigenvalue weighted by atomic mass is 10.0. The summed E-state index contributed by atoms with van der Waals surface area (Å²) in [7, 11) is 1.66. The van der Waals surface area contributed by atoms with E-state index >= 15 is 0 Å². The summed E-state index contributed by atoms with van der Waals surface area (Å²) in [4.78, 5) is 14.9. The number of likely N-dealkylation sites (tertiary alicyclic amines) is 1. The van der Waals surface area contributed by atoms with Crippen molar-refractivity contribution in [2.24, 2.45) is 0 Å². The second-order valence-electron chi connectivity index (χ2n) is 6.57. The van der Waals surface area contributed by atoms with Gasteiger partial charge in [-0.15, -0.1) is 0 Å². The molecule has 128 valence electrons. The molecule has 5 nitrogen and oxygen atoms in total. The molecule has 1 aromatic carbocycles. The fourth-order valence-electron chi connectivity index (χ4n) is 3.67. The molecule has 3 rings (SSSR count). The molecule has 1 aliphatic rings. The van der Waals surface area contributed by atoms with Crippen molar-refractivity contribution in [1.29, 1.82) is 0 Å². The van der Waals surface area contributed by atoms with Gasteiger partial charge in [0.2, 0.25) is 5.91 Å². The molecule has 1 saturated heterocycles. The maximum atomic E-state index is 12.9. The zero-order chi connectivity index (χ0) is 17.3. The van der Waals surface area contributed by atoms with Crippen LogP contribution in [0.4, 0.5) is 0 Å². The van der Waals surface area contributed by atoms with Crippen molar-refractivity contribution in [3.8, 4) is 5.75 Å². The van der Waals surface area contributed by atoms with E-state index in [-0.39, 0.29) is 11.9 Å². The van der Waals surface area contributed by atoms with E-state index in [1.54, 1.807) is 7.11 Å². The molecule has 1 amide bonds. The van der Waals surface area contributed by atoms with Crippen LogP contribution >= 0.6 is 0 Å². The topological polar surface area (TPSA) is 58.2 Å². The van der Waals surface area contributed by atoms with Gasteiger partial charge < -0.3 is 9.64 Å². The van der Waals surface area contributed by atoms with Gasteiger partial charge in [-0.05, 0) is 50.8 Å². The molecule has 2 aromatic rings. The van der Waals surface area contributed by atoms with Gasteiger partial charge in [0.1, 0.15) is 5.75 Å². The van der Waals surface area contributed by atoms with E-state index in [0.717, 1.165) is 47.7 Å². The summed E-state index contributed by atoms with van der Waals surface area (Å²) in [5.41, 5.74) is 5.32. The molecule has 1 atom stereocenters. The van der Waals surface area contributed by atoms with Crippen LogP contribution in [0, 0.1) is 20.8 Å². The van der Waals surface area contributed by atoms with Crippen LogP contribution in [0.2, 0.25) is 0 Å². The van der Waals surface area contributed by atoms with Crippen molar-refractivity contribution in [2.75, 3.05) is 13.7 Å². The van der Waals surface area contributed by atoms with Crippen molar-refractivity contribution >= 4 is 5.91 Å². The van der Waals surface area contributed by atoms with Gasteiger partial charge in [-0.1, -0.05) is 12.1 Å². The standard InChI is InChI=1S/C19H25N3O2/c1-12-7-8-15(10-17(12)24-4)11-18(23)22-9-5-6-16(22)19-13(2)20-21-14(19)3/h7-8,10,16H,5-6,9,11H2,1-4H3,(H,20,21). The zero-order valence-electron chi connectivity index (χ0n) is 14.8. The summed E-state index contributed by atoms with van der Waals surface area (Å²) in [5, 5.41) is 7.33. The second-order valence-corrected chi connectivity index (χ2v) is 6.57. The van der Waals surface area contributed by atoms with E-state index in [2.05, 4.69) is 10.2 Å². The predicted molar refractivity (Wildman–Crippen MR) is 93.2 cm³/mol. The molecule has 1 aromatic heterocycles. The lowest BCUT2D eigenvalue weighted by Gasteiger charge is -2.25. The molecule has 0 saturated carbocycles. The highest BCUT2D eigenvalue weighted by atomic mass is 16.5. The Morgan fingerprint density at radius 1 is 1.38 bits per heavy atom. The van der Waals surface area contributed by atoms with E-state index in [0.29, 0.717) is 6.42 Å². The van der Waals surface area contributed by atoms with Gasteiger partial charge in [0, 0.05) is 17.8 Å². The number of H-pyrrole nitrogens is 1. The number of methoxy groups -OCH3 is 1. The first-order valence-corrected chi connectivity index (χ1v) is 8.45. The Kier molecular flexibility index (Phi) is 4.60. The van der Waals surface area contributed by atoms with Gasteiger partial charge in [-0.2, -0.15) is 5.10 Å². The summed E-state index contributed by atoms with van der Waals surface area (Å²) in [6.45, 7) is 6.85. The Morgan fingerprint density at radius 3 is 2.83 bits per heavy atom. The molecule has 24 heavy (non-hydrogen) atoms. The van der Waals surface area contributed by atoms with Crippen LogP contribution in [0.5, 0.6) is 5.75 Å². The summed E-state index contributed by atoms with van der Waals surface area (Å²) in [5.74, 6) is 1.00. The zero-order valence-corrected chi connectivity index (χ0v) is 14.8. The number of hydrogen-bond donors (Lipinski definition) is 1. The highest BCUT2D eigenvalue weighted by Crippen LogP contribution is 2.35. The Labute approximate surface area is 143 Å². The third-order valence-electron chi connectivity index (χ3n) is 4.92. The normalized spacial score (nSPS) is 17.3. The van der Waals surface area contributed by atoms with Gasteiger partial charge in [-0.3, -0.25) is 9.89 Å². The highest BCUT2D eigenvalue weighted by molar-refractivity contribution is 5.79. The summed E-state index contributed by atoms with van der Waals surface area (Å²) >= 11 is 0. The number of aryl methyl sites for hydroxylation is 3. The maximum absolute atomic E-state index is 12.9. The molecule has 2 heterocycles. The van der Waals surface area contributed by atoms with Crippen LogP contribution in [-0.2, 0) is 11.2 Å². The molecule has 1 fully saturated rings. The molecule has 0 spiro atoms. The van der Waals surface area contributed by atoms with Gasteiger partial charge in [0.25, 0.3) is 0 Å². The first-order valence-electron chi connectivity index (χ1n) is 8.45. The van der Waals surface area contributed by atoms with Crippen molar-refractivity contribution in [3.63, 3.8) is 0 Å². The van der Waals surface area contributed by atoms with Crippen LogP contribution in [-0.4, -0.2) is 34.7 Å². The minimum Gasteiger partial charge on any atom is -0.496 e. The number of nitrogens with one attached hydrogen (secondary N) is 1. The Bertz CT molecular complexity index is 732. The fraction of sp³-hybridized carbons (Fsp3) is 0.474. The largest absolute Gasteiger partial charge is 0.496 e. The minimum atomic E-state index is 0.142. The third-order valence-corrected chi connectivity index (χ3v) is 4.92. The number of carbonyl (C=O) groups excluding carboxylic acids is 1. The van der Waals surface area contributed by atoms with Gasteiger partial charge in [0.05, 0.1) is 25.3 Å². The molecule has 0 radical (unpaired) electrons. The number of carbonyl (C=O) groups is 1. The number of aromatic nitrogens is 2. The van der Waals surface area contributed by atoms with Crippen molar-refractivity contribution in [3.05, 3.63) is 46.3 Å². The molecule has 5 heteroatoms. The van der Waals surface area contributed by atoms with Crippen molar-refractivity contribution in [1.82, 2.24) is 15.1 Å². The van der Waals surface area contributed by atoms with Crippen LogP contribution in [0.1, 0.15) is 47.0 Å². The quantitative estimate of drug-likeness (QED) is 0.938. The molecule has 1 unspecified atom stereocenters.